The lowest BCUT2D eigenvalue weighted by molar-refractivity contribution is 0.0905. The maximum Gasteiger partial charge on any atom is 0.287 e. The Kier molecular flexibility index (Phi) is 4.89. The molecule has 3 nitrogen and oxygen atoms in total. The van der Waals surface area contributed by atoms with E-state index in [1.165, 1.54) is 0 Å². The maximum atomic E-state index is 12.2. The third-order valence-electron chi connectivity index (χ3n) is 3.08. The lowest BCUT2D eigenvalue weighted by Gasteiger charge is -2.17. The van der Waals surface area contributed by atoms with Crippen LogP contribution in [-0.4, -0.2) is 5.91 Å². The van der Waals surface area contributed by atoms with Gasteiger partial charge in [-0.2, -0.15) is 0 Å². The minimum Gasteiger partial charge on any atom is -0.444 e. The summed E-state index contributed by atoms with van der Waals surface area (Å²) in [5.74, 6) is 0.124. The minimum atomic E-state index is -0.213. The molecule has 0 aliphatic carbocycles. The van der Waals surface area contributed by atoms with Crippen molar-refractivity contribution < 1.29 is 9.21 Å². The SMILES string of the molecule is CCC(NC(=O)c1oc(Br)cc1C)c1ccc(Cl)cc1. The topological polar surface area (TPSA) is 42.2 Å². The molecule has 0 aliphatic rings. The largest absolute Gasteiger partial charge is 0.444 e. The monoisotopic (exact) mass is 355 g/mol. The molecule has 106 valence electrons. The first-order valence-corrected chi connectivity index (χ1v) is 7.50. The van der Waals surface area contributed by atoms with Crippen molar-refractivity contribution >= 4 is 33.4 Å². The number of furan rings is 1. The van der Waals surface area contributed by atoms with E-state index in [2.05, 4.69) is 21.2 Å². The van der Waals surface area contributed by atoms with Gasteiger partial charge in [0.2, 0.25) is 0 Å². The van der Waals surface area contributed by atoms with Gasteiger partial charge < -0.3 is 9.73 Å². The van der Waals surface area contributed by atoms with Gasteiger partial charge in [-0.15, -0.1) is 0 Å². The zero-order valence-electron chi connectivity index (χ0n) is 11.2. The van der Waals surface area contributed by atoms with Gasteiger partial charge in [0.05, 0.1) is 6.04 Å². The number of carbonyl (C=O) groups excluding carboxylic acids is 1. The summed E-state index contributed by atoms with van der Waals surface area (Å²) in [6, 6.07) is 9.19. The molecule has 20 heavy (non-hydrogen) atoms. The summed E-state index contributed by atoms with van der Waals surface area (Å²) in [6.07, 6.45) is 0.786. The van der Waals surface area contributed by atoms with Gasteiger partial charge in [-0.05, 0) is 53.0 Å². The zero-order valence-corrected chi connectivity index (χ0v) is 13.6. The Hall–Kier alpha value is -1.26. The number of benzene rings is 1. The molecule has 5 heteroatoms. The van der Waals surface area contributed by atoms with E-state index in [4.69, 9.17) is 16.0 Å². The standard InChI is InChI=1S/C15H15BrClNO2/c1-3-12(10-4-6-11(17)7-5-10)18-15(19)14-9(2)8-13(16)20-14/h4-8,12H,3H2,1-2H3,(H,18,19). The Bertz CT molecular complexity index is 607. The van der Waals surface area contributed by atoms with E-state index in [1.807, 2.05) is 38.1 Å². The van der Waals surface area contributed by atoms with Gasteiger partial charge in [-0.3, -0.25) is 4.79 Å². The van der Waals surface area contributed by atoms with Gasteiger partial charge in [0.1, 0.15) is 0 Å². The molecule has 0 spiro atoms. The van der Waals surface area contributed by atoms with Gasteiger partial charge in [-0.1, -0.05) is 30.7 Å². The van der Waals surface area contributed by atoms with Crippen molar-refractivity contribution in [3.63, 3.8) is 0 Å². The second kappa shape index (κ2) is 6.46. The van der Waals surface area contributed by atoms with E-state index in [1.54, 1.807) is 6.07 Å². The van der Waals surface area contributed by atoms with Crippen LogP contribution in [0.4, 0.5) is 0 Å². The number of aryl methyl sites for hydroxylation is 1. The minimum absolute atomic E-state index is 0.0666. The van der Waals surface area contributed by atoms with Crippen LogP contribution in [0.3, 0.4) is 0 Å². The number of nitrogens with one attached hydrogen (secondary N) is 1. The number of hydrogen-bond acceptors (Lipinski definition) is 2. The fourth-order valence-electron chi connectivity index (χ4n) is 2.01. The molecule has 0 saturated carbocycles. The van der Waals surface area contributed by atoms with E-state index in [0.717, 1.165) is 17.5 Å². The van der Waals surface area contributed by atoms with Crippen LogP contribution in [0.2, 0.25) is 5.02 Å². The number of halogens is 2. The summed E-state index contributed by atoms with van der Waals surface area (Å²) >= 11 is 9.10. The Morgan fingerprint density at radius 1 is 1.40 bits per heavy atom. The summed E-state index contributed by atoms with van der Waals surface area (Å²) in [7, 11) is 0. The van der Waals surface area contributed by atoms with Gasteiger partial charge in [0.15, 0.2) is 10.4 Å². The quantitative estimate of drug-likeness (QED) is 0.848. The first kappa shape index (κ1) is 15.1. The molecule has 1 amide bonds. The average molecular weight is 357 g/mol. The van der Waals surface area contributed by atoms with Crippen molar-refractivity contribution in [3.05, 3.63) is 56.9 Å². The van der Waals surface area contributed by atoms with Crippen molar-refractivity contribution in [1.29, 1.82) is 0 Å². The molecule has 2 aromatic rings. The first-order chi connectivity index (χ1) is 9.51. The molecule has 1 atom stereocenters. The number of carbonyl (C=O) groups is 1. The van der Waals surface area contributed by atoms with Gasteiger partial charge in [0.25, 0.3) is 5.91 Å². The highest BCUT2D eigenvalue weighted by Crippen LogP contribution is 2.23. The van der Waals surface area contributed by atoms with Crippen molar-refractivity contribution in [1.82, 2.24) is 5.32 Å². The summed E-state index contributed by atoms with van der Waals surface area (Å²) in [5, 5.41) is 3.66. The lowest BCUT2D eigenvalue weighted by Crippen LogP contribution is -2.28. The molecule has 1 aromatic heterocycles. The Morgan fingerprint density at radius 3 is 2.55 bits per heavy atom. The summed E-state index contributed by atoms with van der Waals surface area (Å²) in [5.41, 5.74) is 1.83. The Balaban J connectivity index is 2.16. The van der Waals surface area contributed by atoms with E-state index >= 15 is 0 Å². The van der Waals surface area contributed by atoms with Crippen LogP contribution in [0.15, 0.2) is 39.4 Å². The Morgan fingerprint density at radius 2 is 2.05 bits per heavy atom. The second-order valence-corrected chi connectivity index (χ2v) is 5.77. The highest BCUT2D eigenvalue weighted by atomic mass is 79.9. The number of hydrogen-bond donors (Lipinski definition) is 1. The van der Waals surface area contributed by atoms with Crippen molar-refractivity contribution in [3.8, 4) is 0 Å². The highest BCUT2D eigenvalue weighted by Gasteiger charge is 2.19. The van der Waals surface area contributed by atoms with Gasteiger partial charge in [-0.25, -0.2) is 0 Å². The van der Waals surface area contributed by atoms with Gasteiger partial charge in [0, 0.05) is 10.6 Å². The fourth-order valence-corrected chi connectivity index (χ4v) is 2.64. The number of amides is 1. The average Bonchev–Trinajstić information content (AvgIpc) is 2.76. The zero-order chi connectivity index (χ0) is 14.7. The van der Waals surface area contributed by atoms with Crippen molar-refractivity contribution in [2.75, 3.05) is 0 Å². The molecule has 1 unspecified atom stereocenters. The molecule has 1 N–H and O–H groups in total. The van der Waals surface area contributed by atoms with Crippen molar-refractivity contribution in [2.24, 2.45) is 0 Å². The summed E-state index contributed by atoms with van der Waals surface area (Å²) in [4.78, 5) is 12.2. The molecule has 1 heterocycles. The first-order valence-electron chi connectivity index (χ1n) is 6.33. The summed E-state index contributed by atoms with van der Waals surface area (Å²) < 4.78 is 5.92. The van der Waals surface area contributed by atoms with Crippen LogP contribution in [-0.2, 0) is 0 Å². The molecule has 1 aromatic carbocycles. The molecular formula is C15H15BrClNO2. The van der Waals surface area contributed by atoms with E-state index in [9.17, 15) is 4.79 Å². The molecular weight excluding hydrogens is 342 g/mol. The highest BCUT2D eigenvalue weighted by molar-refractivity contribution is 9.10. The smallest absolute Gasteiger partial charge is 0.287 e. The van der Waals surface area contributed by atoms with E-state index < -0.39 is 0 Å². The lowest BCUT2D eigenvalue weighted by atomic mass is 10.0. The molecule has 0 aliphatic heterocycles. The van der Waals surface area contributed by atoms with Crippen LogP contribution in [0.25, 0.3) is 0 Å². The van der Waals surface area contributed by atoms with Crippen LogP contribution >= 0.6 is 27.5 Å². The van der Waals surface area contributed by atoms with Crippen LogP contribution in [0.5, 0.6) is 0 Å². The second-order valence-electron chi connectivity index (χ2n) is 4.55. The Labute approximate surface area is 131 Å². The molecule has 0 radical (unpaired) electrons. The maximum absolute atomic E-state index is 12.2. The van der Waals surface area contributed by atoms with Crippen LogP contribution in [0.1, 0.15) is 41.1 Å². The van der Waals surface area contributed by atoms with Crippen molar-refractivity contribution in [2.45, 2.75) is 26.3 Å². The summed E-state index contributed by atoms with van der Waals surface area (Å²) in [6.45, 7) is 3.86. The van der Waals surface area contributed by atoms with E-state index in [0.29, 0.717) is 15.5 Å². The fraction of sp³-hybridized carbons (Fsp3) is 0.267. The predicted molar refractivity (Wildman–Crippen MR) is 83.1 cm³/mol. The third kappa shape index (κ3) is 3.44. The molecule has 0 bridgehead atoms. The molecule has 0 saturated heterocycles. The molecule has 2 rings (SSSR count). The number of rotatable bonds is 4. The molecule has 0 fully saturated rings. The van der Waals surface area contributed by atoms with Crippen LogP contribution in [0, 0.1) is 6.92 Å². The normalized spacial score (nSPS) is 12.2. The van der Waals surface area contributed by atoms with Gasteiger partial charge >= 0.3 is 0 Å². The predicted octanol–water partition coefficient (Wildman–Crippen LogP) is 4.89. The third-order valence-corrected chi connectivity index (χ3v) is 3.72. The van der Waals surface area contributed by atoms with E-state index in [-0.39, 0.29) is 11.9 Å². The van der Waals surface area contributed by atoms with Crippen LogP contribution < -0.4 is 5.32 Å².